The van der Waals surface area contributed by atoms with Crippen molar-refractivity contribution < 1.29 is 0 Å². The number of nitrogens with one attached hydrogen (secondary N) is 1. The molecule has 0 bridgehead atoms. The summed E-state index contributed by atoms with van der Waals surface area (Å²) in [7, 11) is 0. The van der Waals surface area contributed by atoms with Crippen molar-refractivity contribution in [2.75, 3.05) is 6.26 Å². The topological polar surface area (TPSA) is 38.0 Å². The van der Waals surface area contributed by atoms with Crippen LogP contribution in [-0.2, 0) is 6.54 Å². The first-order chi connectivity index (χ1) is 6.22. The van der Waals surface area contributed by atoms with Gasteiger partial charge in [0.25, 0.3) is 0 Å². The average Bonchev–Trinajstić information content (AvgIpc) is 2.15. The van der Waals surface area contributed by atoms with E-state index in [-0.39, 0.29) is 0 Å². The van der Waals surface area contributed by atoms with Gasteiger partial charge in [0.2, 0.25) is 0 Å². The first kappa shape index (κ1) is 10.3. The summed E-state index contributed by atoms with van der Waals surface area (Å²) < 4.78 is 0. The lowest BCUT2D eigenvalue weighted by atomic mass is 10.2. The Balaban J connectivity index is 2.54. The van der Waals surface area contributed by atoms with Crippen LogP contribution in [0.15, 0.2) is 29.2 Å². The van der Waals surface area contributed by atoms with Gasteiger partial charge in [-0.1, -0.05) is 12.1 Å². The Labute approximate surface area is 87.9 Å². The normalized spacial score (nSPS) is 9.62. The minimum atomic E-state index is 0.342. The second-order valence-corrected chi connectivity index (χ2v) is 3.89. The molecule has 3 N–H and O–H groups in total. The molecule has 4 heteroatoms. The van der Waals surface area contributed by atoms with Crippen LogP contribution in [0, 0.1) is 0 Å². The summed E-state index contributed by atoms with van der Waals surface area (Å²) in [5.74, 6) is 0. The highest BCUT2D eigenvalue weighted by atomic mass is 32.2. The van der Waals surface area contributed by atoms with Crippen molar-refractivity contribution in [3.8, 4) is 0 Å². The Morgan fingerprint density at radius 1 is 1.46 bits per heavy atom. The van der Waals surface area contributed by atoms with Crippen LogP contribution in [-0.4, -0.2) is 11.4 Å². The van der Waals surface area contributed by atoms with Gasteiger partial charge in [0.1, 0.15) is 0 Å². The van der Waals surface area contributed by atoms with Crippen LogP contribution in [0.2, 0.25) is 0 Å². The third-order valence-electron chi connectivity index (χ3n) is 1.63. The molecule has 0 fully saturated rings. The molecule has 0 aromatic heterocycles. The van der Waals surface area contributed by atoms with E-state index >= 15 is 0 Å². The van der Waals surface area contributed by atoms with Gasteiger partial charge in [-0.05, 0) is 36.2 Å². The molecule has 0 saturated carbocycles. The molecule has 70 valence electrons. The first-order valence-electron chi connectivity index (χ1n) is 3.88. The average molecular weight is 212 g/mol. The molecule has 2 nitrogen and oxygen atoms in total. The molecule has 0 atom stereocenters. The van der Waals surface area contributed by atoms with E-state index in [1.807, 2.05) is 0 Å². The molecule has 0 aliphatic rings. The lowest BCUT2D eigenvalue weighted by Crippen LogP contribution is -2.28. The van der Waals surface area contributed by atoms with Crippen LogP contribution < -0.4 is 11.1 Å². The lowest BCUT2D eigenvalue weighted by molar-refractivity contribution is 0.918. The Bertz CT molecular complexity index is 282. The summed E-state index contributed by atoms with van der Waals surface area (Å²) in [6.45, 7) is 0.698. The van der Waals surface area contributed by atoms with Crippen molar-refractivity contribution in [1.29, 1.82) is 0 Å². The van der Waals surface area contributed by atoms with Gasteiger partial charge in [-0.3, -0.25) is 0 Å². The van der Waals surface area contributed by atoms with Gasteiger partial charge in [-0.25, -0.2) is 0 Å². The van der Waals surface area contributed by atoms with Crippen molar-refractivity contribution in [1.82, 2.24) is 5.32 Å². The maximum absolute atomic E-state index is 5.31. The van der Waals surface area contributed by atoms with Crippen LogP contribution >= 0.6 is 24.0 Å². The largest absolute Gasteiger partial charge is 0.376 e. The molecular formula is C9H12N2S2. The van der Waals surface area contributed by atoms with E-state index in [1.165, 1.54) is 10.5 Å². The van der Waals surface area contributed by atoms with E-state index in [9.17, 15) is 0 Å². The molecule has 13 heavy (non-hydrogen) atoms. The summed E-state index contributed by atoms with van der Waals surface area (Å²) in [5.41, 5.74) is 6.50. The molecule has 0 amide bonds. The predicted octanol–water partition coefficient (Wildman–Crippen LogP) is 1.74. The van der Waals surface area contributed by atoms with Crippen LogP contribution in [0.4, 0.5) is 0 Å². The van der Waals surface area contributed by atoms with Gasteiger partial charge >= 0.3 is 0 Å². The number of thioether (sulfide) groups is 1. The highest BCUT2D eigenvalue weighted by Gasteiger charge is 1.93. The van der Waals surface area contributed by atoms with E-state index in [0.29, 0.717) is 11.7 Å². The summed E-state index contributed by atoms with van der Waals surface area (Å²) in [5, 5.41) is 3.24. The summed E-state index contributed by atoms with van der Waals surface area (Å²) in [4.78, 5) is 1.26. The number of hydrogen-bond acceptors (Lipinski definition) is 2. The molecule has 1 aromatic carbocycles. The monoisotopic (exact) mass is 212 g/mol. The zero-order chi connectivity index (χ0) is 9.68. The molecule has 0 aliphatic heterocycles. The van der Waals surface area contributed by atoms with Gasteiger partial charge in [-0.2, -0.15) is 0 Å². The van der Waals surface area contributed by atoms with Crippen LogP contribution in [0.3, 0.4) is 0 Å². The Hall–Kier alpha value is -0.740. The highest BCUT2D eigenvalue weighted by Crippen LogP contribution is 2.14. The zero-order valence-corrected chi connectivity index (χ0v) is 9.04. The summed E-state index contributed by atoms with van der Waals surface area (Å²) >= 11 is 6.44. The standard InChI is InChI=1S/C9H12N2S2/c1-13-8-4-2-7(3-5-8)6-11-9(10)12/h2-5H,6H2,1H3,(H3,10,11,12). The van der Waals surface area contributed by atoms with E-state index < -0.39 is 0 Å². The number of hydrogen-bond donors (Lipinski definition) is 2. The fraction of sp³-hybridized carbons (Fsp3) is 0.222. The van der Waals surface area contributed by atoms with Crippen molar-refractivity contribution in [3.05, 3.63) is 29.8 Å². The highest BCUT2D eigenvalue weighted by molar-refractivity contribution is 7.98. The molecule has 0 saturated heterocycles. The maximum Gasteiger partial charge on any atom is 0.163 e. The first-order valence-corrected chi connectivity index (χ1v) is 5.52. The Morgan fingerprint density at radius 3 is 2.54 bits per heavy atom. The Morgan fingerprint density at radius 2 is 2.08 bits per heavy atom. The predicted molar refractivity (Wildman–Crippen MR) is 61.8 cm³/mol. The van der Waals surface area contributed by atoms with Crippen molar-refractivity contribution in [2.24, 2.45) is 5.73 Å². The van der Waals surface area contributed by atoms with Crippen LogP contribution in [0.1, 0.15) is 5.56 Å². The van der Waals surface area contributed by atoms with Gasteiger partial charge < -0.3 is 11.1 Å². The fourth-order valence-electron chi connectivity index (χ4n) is 0.933. The fourth-order valence-corrected chi connectivity index (χ4v) is 1.41. The number of benzene rings is 1. The van der Waals surface area contributed by atoms with Crippen molar-refractivity contribution >= 4 is 29.1 Å². The lowest BCUT2D eigenvalue weighted by Gasteiger charge is -2.04. The minimum Gasteiger partial charge on any atom is -0.376 e. The molecule has 0 aliphatic carbocycles. The minimum absolute atomic E-state index is 0.342. The number of rotatable bonds is 3. The molecule has 1 rings (SSSR count). The van der Waals surface area contributed by atoms with E-state index in [2.05, 4.69) is 35.8 Å². The van der Waals surface area contributed by atoms with E-state index in [1.54, 1.807) is 11.8 Å². The van der Waals surface area contributed by atoms with Crippen molar-refractivity contribution in [3.63, 3.8) is 0 Å². The smallest absolute Gasteiger partial charge is 0.163 e. The quantitative estimate of drug-likeness (QED) is 0.591. The Kier molecular flexibility index (Phi) is 4.05. The summed E-state index contributed by atoms with van der Waals surface area (Å²) in [6, 6.07) is 8.30. The molecule has 1 aromatic rings. The maximum atomic E-state index is 5.31. The van der Waals surface area contributed by atoms with Gasteiger partial charge in [0, 0.05) is 11.4 Å². The molecule has 0 radical (unpaired) electrons. The number of nitrogens with two attached hydrogens (primary N) is 1. The van der Waals surface area contributed by atoms with Gasteiger partial charge in [-0.15, -0.1) is 11.8 Å². The van der Waals surface area contributed by atoms with E-state index in [4.69, 9.17) is 18.0 Å². The van der Waals surface area contributed by atoms with Crippen LogP contribution in [0.5, 0.6) is 0 Å². The van der Waals surface area contributed by atoms with Gasteiger partial charge in [0.15, 0.2) is 5.11 Å². The second kappa shape index (κ2) is 5.09. The van der Waals surface area contributed by atoms with Gasteiger partial charge in [0.05, 0.1) is 0 Å². The third-order valence-corrected chi connectivity index (χ3v) is 2.51. The molecule has 0 spiro atoms. The van der Waals surface area contributed by atoms with E-state index in [0.717, 1.165) is 0 Å². The SMILES string of the molecule is CSc1ccc(CNC(N)=S)cc1. The zero-order valence-electron chi connectivity index (χ0n) is 7.41. The third kappa shape index (κ3) is 3.65. The summed E-state index contributed by atoms with van der Waals surface area (Å²) in [6.07, 6.45) is 2.06. The molecule has 0 heterocycles. The number of thiocarbonyl (C=S) groups is 1. The molecular weight excluding hydrogens is 200 g/mol. The van der Waals surface area contributed by atoms with Crippen molar-refractivity contribution in [2.45, 2.75) is 11.4 Å². The second-order valence-electron chi connectivity index (χ2n) is 2.57. The molecule has 0 unspecified atom stereocenters. The van der Waals surface area contributed by atoms with Crippen LogP contribution in [0.25, 0.3) is 0 Å².